The van der Waals surface area contributed by atoms with Crippen molar-refractivity contribution in [1.82, 2.24) is 9.78 Å². The summed E-state index contributed by atoms with van der Waals surface area (Å²) in [4.78, 5) is 0. The molecule has 0 aliphatic rings. The Balaban J connectivity index is 2.90. The highest BCUT2D eigenvalue weighted by atomic mass is 35.5. The van der Waals surface area contributed by atoms with Gasteiger partial charge in [0.05, 0.1) is 28.6 Å². The molecule has 2 atom stereocenters. The largest absolute Gasteiger partial charge is 0.390 e. The normalized spacial score (nSPS) is 15.1. The molecule has 0 spiro atoms. The zero-order valence-electron chi connectivity index (χ0n) is 11.8. The maximum Gasteiger partial charge on any atom is 0.0859 e. The van der Waals surface area contributed by atoms with Crippen LogP contribution in [0.25, 0.3) is 0 Å². The van der Waals surface area contributed by atoms with Crippen LogP contribution in [-0.2, 0) is 17.7 Å². The van der Waals surface area contributed by atoms with Gasteiger partial charge in [-0.15, -0.1) is 0 Å². The highest BCUT2D eigenvalue weighted by molar-refractivity contribution is 6.31. The maximum absolute atomic E-state index is 10.3. The second kappa shape index (κ2) is 6.55. The average Bonchev–Trinajstić information content (AvgIpc) is 2.57. The number of aromatic nitrogens is 2. The highest BCUT2D eigenvalue weighted by Crippen LogP contribution is 2.23. The number of methoxy groups -OCH3 is 1. The fourth-order valence-corrected chi connectivity index (χ4v) is 2.46. The van der Waals surface area contributed by atoms with Crippen LogP contribution < -0.4 is 0 Å². The van der Waals surface area contributed by atoms with Gasteiger partial charge in [0.1, 0.15) is 0 Å². The topological polar surface area (TPSA) is 47.3 Å². The van der Waals surface area contributed by atoms with Gasteiger partial charge in [-0.3, -0.25) is 4.68 Å². The van der Waals surface area contributed by atoms with Gasteiger partial charge in [0.15, 0.2) is 0 Å². The molecule has 0 saturated carbocycles. The van der Waals surface area contributed by atoms with Crippen LogP contribution in [0.3, 0.4) is 0 Å². The smallest absolute Gasteiger partial charge is 0.0859 e. The summed E-state index contributed by atoms with van der Waals surface area (Å²) in [6, 6.07) is 0. The molecule has 2 unspecified atom stereocenters. The summed E-state index contributed by atoms with van der Waals surface area (Å²) in [5, 5.41) is 15.3. The fraction of sp³-hybridized carbons (Fsp3) is 0.769. The van der Waals surface area contributed by atoms with E-state index in [0.29, 0.717) is 11.4 Å². The summed E-state index contributed by atoms with van der Waals surface area (Å²) < 4.78 is 7.18. The van der Waals surface area contributed by atoms with Crippen LogP contribution in [0.15, 0.2) is 0 Å². The Bertz CT molecular complexity index is 391. The quantitative estimate of drug-likeness (QED) is 0.867. The Labute approximate surface area is 114 Å². The van der Waals surface area contributed by atoms with E-state index in [4.69, 9.17) is 16.3 Å². The van der Waals surface area contributed by atoms with Crippen LogP contribution >= 0.6 is 11.6 Å². The summed E-state index contributed by atoms with van der Waals surface area (Å²) in [6.45, 7) is 8.69. The summed E-state index contributed by atoms with van der Waals surface area (Å²) in [5.41, 5.74) is 1.69. The summed E-state index contributed by atoms with van der Waals surface area (Å²) in [5.74, 6) is 0.253. The molecule has 0 aromatic carbocycles. The minimum absolute atomic E-state index is 0.193. The Morgan fingerprint density at radius 1 is 1.44 bits per heavy atom. The van der Waals surface area contributed by atoms with E-state index in [2.05, 4.69) is 5.10 Å². The van der Waals surface area contributed by atoms with E-state index in [-0.39, 0.29) is 12.0 Å². The van der Waals surface area contributed by atoms with Gasteiger partial charge in [-0.05, 0) is 19.8 Å². The van der Waals surface area contributed by atoms with Crippen molar-refractivity contribution in [2.24, 2.45) is 5.92 Å². The van der Waals surface area contributed by atoms with Crippen LogP contribution in [0.4, 0.5) is 0 Å². The molecule has 0 fully saturated rings. The third-order valence-corrected chi connectivity index (χ3v) is 3.66. The first-order valence-electron chi connectivity index (χ1n) is 6.34. The molecule has 1 N–H and O–H groups in total. The molecular formula is C13H23ClN2O2. The van der Waals surface area contributed by atoms with E-state index in [1.807, 2.05) is 32.4 Å². The number of hydrogen-bond donors (Lipinski definition) is 1. The SMILES string of the molecule is CCn1nc(C)c(Cl)c1CC(O)C(OC)C(C)C. The maximum atomic E-state index is 10.3. The van der Waals surface area contributed by atoms with Crippen molar-refractivity contribution < 1.29 is 9.84 Å². The molecule has 4 nitrogen and oxygen atoms in total. The summed E-state index contributed by atoms with van der Waals surface area (Å²) in [7, 11) is 1.62. The molecule has 1 rings (SSSR count). The lowest BCUT2D eigenvalue weighted by molar-refractivity contribution is -0.0375. The Morgan fingerprint density at radius 3 is 2.50 bits per heavy atom. The monoisotopic (exact) mass is 274 g/mol. The van der Waals surface area contributed by atoms with Crippen molar-refractivity contribution in [2.45, 2.75) is 52.9 Å². The zero-order chi connectivity index (χ0) is 13.9. The average molecular weight is 275 g/mol. The van der Waals surface area contributed by atoms with Crippen molar-refractivity contribution in [3.63, 3.8) is 0 Å². The predicted molar refractivity (Wildman–Crippen MR) is 73.0 cm³/mol. The molecule has 0 saturated heterocycles. The number of ether oxygens (including phenoxy) is 1. The molecule has 5 heteroatoms. The summed E-state index contributed by atoms with van der Waals surface area (Å²) in [6.07, 6.45) is -0.306. The third kappa shape index (κ3) is 3.25. The molecule has 1 aromatic heterocycles. The van der Waals surface area contributed by atoms with E-state index < -0.39 is 6.10 Å². The minimum Gasteiger partial charge on any atom is -0.390 e. The lowest BCUT2D eigenvalue weighted by Crippen LogP contribution is -2.35. The Hall–Kier alpha value is -0.580. The van der Waals surface area contributed by atoms with Crippen LogP contribution in [0.2, 0.25) is 5.02 Å². The van der Waals surface area contributed by atoms with Gasteiger partial charge in [0.2, 0.25) is 0 Å². The lowest BCUT2D eigenvalue weighted by atomic mass is 9.98. The number of hydrogen-bond acceptors (Lipinski definition) is 3. The lowest BCUT2D eigenvalue weighted by Gasteiger charge is -2.25. The molecule has 0 amide bonds. The van der Waals surface area contributed by atoms with Crippen LogP contribution in [0, 0.1) is 12.8 Å². The number of aryl methyl sites for hydroxylation is 2. The summed E-state index contributed by atoms with van der Waals surface area (Å²) >= 11 is 6.23. The number of aliphatic hydroxyl groups excluding tert-OH is 1. The van der Waals surface area contributed by atoms with E-state index in [9.17, 15) is 5.11 Å². The van der Waals surface area contributed by atoms with E-state index in [1.54, 1.807) is 7.11 Å². The second-order valence-corrected chi connectivity index (χ2v) is 5.26. The van der Waals surface area contributed by atoms with Gasteiger partial charge in [0.25, 0.3) is 0 Å². The molecule has 1 aromatic rings. The first kappa shape index (κ1) is 15.5. The van der Waals surface area contributed by atoms with E-state index >= 15 is 0 Å². The highest BCUT2D eigenvalue weighted by Gasteiger charge is 2.25. The molecular weight excluding hydrogens is 252 g/mol. The van der Waals surface area contributed by atoms with Crippen molar-refractivity contribution in [1.29, 1.82) is 0 Å². The van der Waals surface area contributed by atoms with E-state index in [1.165, 1.54) is 0 Å². The van der Waals surface area contributed by atoms with Crippen LogP contribution in [-0.4, -0.2) is 34.2 Å². The van der Waals surface area contributed by atoms with Gasteiger partial charge in [-0.2, -0.15) is 5.10 Å². The predicted octanol–water partition coefficient (Wildman–Crippen LogP) is 2.44. The first-order chi connectivity index (χ1) is 8.42. The van der Waals surface area contributed by atoms with Crippen molar-refractivity contribution in [3.8, 4) is 0 Å². The van der Waals surface area contributed by atoms with E-state index in [0.717, 1.165) is 17.9 Å². The van der Waals surface area contributed by atoms with Crippen molar-refractivity contribution in [3.05, 3.63) is 16.4 Å². The zero-order valence-corrected chi connectivity index (χ0v) is 12.5. The Kier molecular flexibility index (Phi) is 5.63. The molecule has 1 heterocycles. The van der Waals surface area contributed by atoms with Gasteiger partial charge in [-0.1, -0.05) is 25.4 Å². The molecule has 18 heavy (non-hydrogen) atoms. The molecule has 104 valence electrons. The third-order valence-electron chi connectivity index (χ3n) is 3.16. The number of halogens is 1. The number of rotatable bonds is 6. The molecule has 0 bridgehead atoms. The van der Waals surface area contributed by atoms with Crippen molar-refractivity contribution in [2.75, 3.05) is 7.11 Å². The van der Waals surface area contributed by atoms with Gasteiger partial charge < -0.3 is 9.84 Å². The minimum atomic E-state index is -0.575. The number of nitrogens with zero attached hydrogens (tertiary/aromatic N) is 2. The van der Waals surface area contributed by atoms with Crippen molar-refractivity contribution >= 4 is 11.6 Å². The molecule has 0 aliphatic heterocycles. The van der Waals surface area contributed by atoms with Gasteiger partial charge in [0, 0.05) is 20.1 Å². The fourth-order valence-electron chi connectivity index (χ4n) is 2.25. The number of aliphatic hydroxyl groups is 1. The Morgan fingerprint density at radius 2 is 2.06 bits per heavy atom. The van der Waals surface area contributed by atoms with Gasteiger partial charge in [-0.25, -0.2) is 0 Å². The van der Waals surface area contributed by atoms with Gasteiger partial charge >= 0.3 is 0 Å². The second-order valence-electron chi connectivity index (χ2n) is 4.88. The molecule has 0 aliphatic carbocycles. The first-order valence-corrected chi connectivity index (χ1v) is 6.72. The van der Waals surface area contributed by atoms with Crippen LogP contribution in [0.5, 0.6) is 0 Å². The molecule has 0 radical (unpaired) electrons. The standard InChI is InChI=1S/C13H23ClN2O2/c1-6-16-10(12(14)9(4)15-16)7-11(17)13(18-5)8(2)3/h8,11,13,17H,6-7H2,1-5H3. The van der Waals surface area contributed by atoms with Crippen LogP contribution in [0.1, 0.15) is 32.2 Å².